The zero-order valence-corrected chi connectivity index (χ0v) is 19.4. The molecule has 2 N–H and O–H groups in total. The third-order valence-electron chi connectivity index (χ3n) is 7.11. The standard InChI is InChI=1S/C25H34N4O4/c1-3-4-6-9-16(2)25(31)32-14-21-19-12-18(17-10-7-5-8-11-17)13-20(19)24(33-21)29-15-27-23(28-29)22(26)30/h5,7-8,10-11,15-16,18-21,24H,3-4,6,9,12-14H2,1-2H3,(H2,26,30). The maximum absolute atomic E-state index is 12.5. The highest BCUT2D eigenvalue weighted by Crippen LogP contribution is 2.54. The second kappa shape index (κ2) is 10.5. The molecule has 1 saturated heterocycles. The van der Waals surface area contributed by atoms with Crippen molar-refractivity contribution in [3.63, 3.8) is 0 Å². The summed E-state index contributed by atoms with van der Waals surface area (Å²) < 4.78 is 13.7. The van der Waals surface area contributed by atoms with Crippen LogP contribution in [-0.4, -0.2) is 39.4 Å². The number of hydrogen-bond donors (Lipinski definition) is 1. The lowest BCUT2D eigenvalue weighted by Gasteiger charge is -2.21. The maximum atomic E-state index is 12.5. The van der Waals surface area contributed by atoms with E-state index in [-0.39, 0.29) is 48.5 Å². The number of nitrogens with two attached hydrogens (primary N) is 1. The van der Waals surface area contributed by atoms with E-state index in [2.05, 4.69) is 41.3 Å². The first-order valence-electron chi connectivity index (χ1n) is 12.1. The minimum atomic E-state index is -0.667. The number of primary amides is 1. The van der Waals surface area contributed by atoms with Crippen molar-refractivity contribution in [3.8, 4) is 0 Å². The Balaban J connectivity index is 1.46. The van der Waals surface area contributed by atoms with Gasteiger partial charge in [-0.1, -0.05) is 63.4 Å². The predicted octanol–water partition coefficient (Wildman–Crippen LogP) is 3.84. The summed E-state index contributed by atoms with van der Waals surface area (Å²) in [6.07, 6.45) is 6.94. The van der Waals surface area contributed by atoms with Crippen LogP contribution in [0.5, 0.6) is 0 Å². The van der Waals surface area contributed by atoms with Crippen molar-refractivity contribution in [2.45, 2.75) is 70.6 Å². The van der Waals surface area contributed by atoms with Gasteiger partial charge in [0.1, 0.15) is 12.9 Å². The Hall–Kier alpha value is -2.74. The summed E-state index contributed by atoms with van der Waals surface area (Å²) in [5.74, 6) is -0.156. The third-order valence-corrected chi connectivity index (χ3v) is 7.11. The van der Waals surface area contributed by atoms with Gasteiger partial charge < -0.3 is 15.2 Å². The van der Waals surface area contributed by atoms with Crippen LogP contribution in [0.1, 0.15) is 80.7 Å². The number of unbranched alkanes of at least 4 members (excludes halogenated alkanes) is 2. The van der Waals surface area contributed by atoms with Crippen LogP contribution in [0.4, 0.5) is 0 Å². The monoisotopic (exact) mass is 454 g/mol. The van der Waals surface area contributed by atoms with Gasteiger partial charge in [0.15, 0.2) is 6.23 Å². The minimum absolute atomic E-state index is 0.0245. The molecule has 0 radical (unpaired) electrons. The van der Waals surface area contributed by atoms with Crippen molar-refractivity contribution in [2.24, 2.45) is 23.5 Å². The van der Waals surface area contributed by atoms with Gasteiger partial charge in [-0.25, -0.2) is 9.67 Å². The highest BCUT2D eigenvalue weighted by molar-refractivity contribution is 5.88. The molecular weight excluding hydrogens is 420 g/mol. The largest absolute Gasteiger partial charge is 0.463 e. The molecule has 2 heterocycles. The quantitative estimate of drug-likeness (QED) is 0.431. The van der Waals surface area contributed by atoms with Gasteiger partial charge in [0, 0.05) is 5.92 Å². The summed E-state index contributed by atoms with van der Waals surface area (Å²) in [6, 6.07) is 10.5. The van der Waals surface area contributed by atoms with Crippen LogP contribution in [0.15, 0.2) is 36.7 Å². The van der Waals surface area contributed by atoms with E-state index in [1.165, 1.54) is 11.9 Å². The van der Waals surface area contributed by atoms with E-state index in [1.807, 2.05) is 13.0 Å². The molecule has 6 atom stereocenters. The Bertz CT molecular complexity index is 947. The molecule has 1 aromatic carbocycles. The number of hydrogen-bond acceptors (Lipinski definition) is 6. The van der Waals surface area contributed by atoms with Gasteiger partial charge in [0.05, 0.1) is 12.0 Å². The number of fused-ring (bicyclic) bond motifs is 1. The lowest BCUT2D eigenvalue weighted by Crippen LogP contribution is -2.27. The smallest absolute Gasteiger partial charge is 0.308 e. The molecule has 33 heavy (non-hydrogen) atoms. The van der Waals surface area contributed by atoms with Gasteiger partial charge in [0.25, 0.3) is 5.91 Å². The van der Waals surface area contributed by atoms with Crippen LogP contribution in [0, 0.1) is 17.8 Å². The summed E-state index contributed by atoms with van der Waals surface area (Å²) in [7, 11) is 0. The summed E-state index contributed by atoms with van der Waals surface area (Å²) in [4.78, 5) is 28.0. The highest BCUT2D eigenvalue weighted by Gasteiger charge is 2.51. The molecule has 0 bridgehead atoms. The fourth-order valence-corrected chi connectivity index (χ4v) is 5.29. The summed E-state index contributed by atoms with van der Waals surface area (Å²) in [6.45, 7) is 4.31. The van der Waals surface area contributed by atoms with Gasteiger partial charge in [-0.3, -0.25) is 9.59 Å². The van der Waals surface area contributed by atoms with E-state index >= 15 is 0 Å². The lowest BCUT2D eigenvalue weighted by molar-refractivity contribution is -0.154. The Morgan fingerprint density at radius 2 is 1.97 bits per heavy atom. The van der Waals surface area contributed by atoms with Gasteiger partial charge in [-0.05, 0) is 36.7 Å². The summed E-state index contributed by atoms with van der Waals surface area (Å²) in [5, 5.41) is 4.25. The summed E-state index contributed by atoms with van der Waals surface area (Å²) in [5.41, 5.74) is 6.64. The second-order valence-corrected chi connectivity index (χ2v) is 9.41. The normalized spacial score (nSPS) is 27.3. The summed E-state index contributed by atoms with van der Waals surface area (Å²) >= 11 is 0. The van der Waals surface area contributed by atoms with Crippen molar-refractivity contribution < 1.29 is 19.1 Å². The third kappa shape index (κ3) is 5.27. The van der Waals surface area contributed by atoms with Crippen LogP contribution < -0.4 is 5.73 Å². The van der Waals surface area contributed by atoms with Crippen molar-refractivity contribution in [1.29, 1.82) is 0 Å². The van der Waals surface area contributed by atoms with E-state index < -0.39 is 5.91 Å². The van der Waals surface area contributed by atoms with Gasteiger partial charge in [-0.15, -0.1) is 5.10 Å². The molecule has 2 aromatic rings. The van der Waals surface area contributed by atoms with E-state index in [4.69, 9.17) is 15.2 Å². The number of ether oxygens (including phenoxy) is 2. The number of rotatable bonds is 10. The van der Waals surface area contributed by atoms with Crippen LogP contribution in [0.25, 0.3) is 0 Å². The average Bonchev–Trinajstić information content (AvgIpc) is 3.54. The molecule has 2 fully saturated rings. The van der Waals surface area contributed by atoms with Crippen LogP contribution in [0.2, 0.25) is 0 Å². The number of esters is 1. The molecule has 1 aromatic heterocycles. The number of nitrogens with zero attached hydrogens (tertiary/aromatic N) is 3. The molecule has 1 saturated carbocycles. The Labute approximate surface area is 194 Å². The number of aromatic nitrogens is 3. The highest BCUT2D eigenvalue weighted by atomic mass is 16.6. The van der Waals surface area contributed by atoms with E-state index in [0.29, 0.717) is 5.92 Å². The molecule has 1 amide bonds. The van der Waals surface area contributed by atoms with Gasteiger partial charge in [0.2, 0.25) is 5.82 Å². The van der Waals surface area contributed by atoms with Gasteiger partial charge in [-0.2, -0.15) is 0 Å². The van der Waals surface area contributed by atoms with Gasteiger partial charge >= 0.3 is 5.97 Å². The van der Waals surface area contributed by atoms with E-state index in [9.17, 15) is 9.59 Å². The molecular formula is C25H34N4O4. The van der Waals surface area contributed by atoms with Crippen molar-refractivity contribution in [3.05, 3.63) is 48.0 Å². The molecule has 178 valence electrons. The zero-order valence-electron chi connectivity index (χ0n) is 19.4. The molecule has 8 heteroatoms. The van der Waals surface area contributed by atoms with Crippen LogP contribution in [-0.2, 0) is 14.3 Å². The van der Waals surface area contributed by atoms with E-state index in [0.717, 1.165) is 38.5 Å². The molecule has 1 aliphatic heterocycles. The van der Waals surface area contributed by atoms with Crippen LogP contribution in [0.3, 0.4) is 0 Å². The number of carbonyl (C=O) groups excluding carboxylic acids is 2. The maximum Gasteiger partial charge on any atom is 0.308 e. The van der Waals surface area contributed by atoms with Crippen LogP contribution >= 0.6 is 0 Å². The fraction of sp³-hybridized carbons (Fsp3) is 0.600. The zero-order chi connectivity index (χ0) is 23.4. The van der Waals surface area contributed by atoms with E-state index in [1.54, 1.807) is 4.68 Å². The Kier molecular flexibility index (Phi) is 7.42. The molecule has 2 aliphatic rings. The SMILES string of the molecule is CCCCCC(C)C(=O)OCC1OC(n2cnc(C(N)=O)n2)C2CC(c3ccccc3)CC12. The number of amides is 1. The fourth-order valence-electron chi connectivity index (χ4n) is 5.29. The van der Waals surface area contributed by atoms with Crippen molar-refractivity contribution >= 4 is 11.9 Å². The van der Waals surface area contributed by atoms with Crippen molar-refractivity contribution in [2.75, 3.05) is 6.61 Å². The average molecular weight is 455 g/mol. The molecule has 6 unspecified atom stereocenters. The second-order valence-electron chi connectivity index (χ2n) is 9.41. The van der Waals surface area contributed by atoms with Crippen molar-refractivity contribution in [1.82, 2.24) is 14.8 Å². The number of carbonyl (C=O) groups is 2. The molecule has 4 rings (SSSR count). The number of benzene rings is 1. The predicted molar refractivity (Wildman–Crippen MR) is 122 cm³/mol. The Morgan fingerprint density at radius 1 is 1.21 bits per heavy atom. The molecule has 8 nitrogen and oxygen atoms in total. The topological polar surface area (TPSA) is 109 Å². The first-order chi connectivity index (χ1) is 16.0. The molecule has 0 spiro atoms. The first kappa shape index (κ1) is 23.4. The Morgan fingerprint density at radius 3 is 2.67 bits per heavy atom. The molecule has 1 aliphatic carbocycles. The first-order valence-corrected chi connectivity index (χ1v) is 12.1. The minimum Gasteiger partial charge on any atom is -0.463 e. The lowest BCUT2D eigenvalue weighted by atomic mass is 9.93.